The zero-order valence-corrected chi connectivity index (χ0v) is 9.61. The zero-order chi connectivity index (χ0) is 13.4. The van der Waals surface area contributed by atoms with Gasteiger partial charge in [-0.05, 0) is 6.92 Å². The fraction of sp³-hybridized carbons (Fsp3) is 0.600. The van der Waals surface area contributed by atoms with Gasteiger partial charge >= 0.3 is 5.69 Å². The summed E-state index contributed by atoms with van der Waals surface area (Å²) in [5.41, 5.74) is -1.00. The largest absolute Gasteiger partial charge is 0.394 e. The number of aliphatic hydroxyl groups is 3. The van der Waals surface area contributed by atoms with Gasteiger partial charge in [0, 0.05) is 11.8 Å². The molecule has 0 aromatic carbocycles. The molecule has 2 heterocycles. The lowest BCUT2D eigenvalue weighted by Gasteiger charge is -2.17. The summed E-state index contributed by atoms with van der Waals surface area (Å²) in [6.07, 6.45) is -3.52. The molecule has 2 rings (SSSR count). The van der Waals surface area contributed by atoms with Gasteiger partial charge in [0.2, 0.25) is 0 Å². The van der Waals surface area contributed by atoms with E-state index >= 15 is 0 Å². The van der Waals surface area contributed by atoms with Crippen LogP contribution in [0.2, 0.25) is 0 Å². The highest BCUT2D eigenvalue weighted by atomic mass is 16.8. The molecule has 1 aromatic heterocycles. The molecular weight excluding hydrogens is 246 g/mol. The van der Waals surface area contributed by atoms with E-state index in [-0.39, 0.29) is 5.56 Å². The van der Waals surface area contributed by atoms with Gasteiger partial charge in [-0.1, -0.05) is 0 Å². The third-order valence-electron chi connectivity index (χ3n) is 2.94. The van der Waals surface area contributed by atoms with E-state index in [9.17, 15) is 19.8 Å². The molecule has 1 aliphatic rings. The first kappa shape index (κ1) is 13.0. The summed E-state index contributed by atoms with van der Waals surface area (Å²) in [4.78, 5) is 24.9. The van der Waals surface area contributed by atoms with Crippen LogP contribution in [0.1, 0.15) is 11.8 Å². The van der Waals surface area contributed by atoms with E-state index in [0.29, 0.717) is 0 Å². The fourth-order valence-electron chi connectivity index (χ4n) is 1.88. The Morgan fingerprint density at radius 3 is 2.72 bits per heavy atom. The van der Waals surface area contributed by atoms with Crippen molar-refractivity contribution in [3.8, 4) is 0 Å². The van der Waals surface area contributed by atoms with Crippen molar-refractivity contribution in [1.29, 1.82) is 0 Å². The molecule has 0 unspecified atom stereocenters. The van der Waals surface area contributed by atoms with Gasteiger partial charge in [-0.3, -0.25) is 14.3 Å². The second kappa shape index (κ2) is 4.65. The van der Waals surface area contributed by atoms with E-state index in [1.54, 1.807) is 0 Å². The maximum absolute atomic E-state index is 11.6. The van der Waals surface area contributed by atoms with Crippen LogP contribution in [0, 0.1) is 6.92 Å². The van der Waals surface area contributed by atoms with E-state index < -0.39 is 42.4 Å². The van der Waals surface area contributed by atoms with Gasteiger partial charge in [0.15, 0.2) is 6.23 Å². The highest BCUT2D eigenvalue weighted by molar-refractivity contribution is 5.03. The third-order valence-corrected chi connectivity index (χ3v) is 2.94. The maximum Gasteiger partial charge on any atom is 0.330 e. The summed E-state index contributed by atoms with van der Waals surface area (Å²) in [5.74, 6) is 0. The minimum atomic E-state index is -1.36. The number of ether oxygens (including phenoxy) is 1. The van der Waals surface area contributed by atoms with Gasteiger partial charge < -0.3 is 20.1 Å². The maximum atomic E-state index is 11.6. The summed E-state index contributed by atoms with van der Waals surface area (Å²) in [5, 5.41) is 28.3. The molecule has 0 radical (unpaired) electrons. The van der Waals surface area contributed by atoms with E-state index in [1.165, 1.54) is 13.1 Å². The van der Waals surface area contributed by atoms with Gasteiger partial charge in [0.25, 0.3) is 5.56 Å². The first-order valence-electron chi connectivity index (χ1n) is 5.40. The predicted octanol–water partition coefficient (Wildman–Crippen LogP) is -2.54. The van der Waals surface area contributed by atoms with Crippen LogP contribution in [0.5, 0.6) is 0 Å². The van der Waals surface area contributed by atoms with Crippen LogP contribution in [-0.2, 0) is 4.74 Å². The van der Waals surface area contributed by atoms with Crippen molar-refractivity contribution in [3.63, 3.8) is 0 Å². The summed E-state index contributed by atoms with van der Waals surface area (Å²) in [6.45, 7) is 1.02. The lowest BCUT2D eigenvalue weighted by atomic mass is 10.2. The van der Waals surface area contributed by atoms with Crippen LogP contribution in [0.3, 0.4) is 0 Å². The van der Waals surface area contributed by atoms with Gasteiger partial charge in [-0.2, -0.15) is 0 Å². The molecule has 8 heteroatoms. The molecule has 1 aromatic rings. The van der Waals surface area contributed by atoms with Crippen molar-refractivity contribution in [2.45, 2.75) is 31.5 Å². The number of aryl methyl sites for hydroxylation is 1. The van der Waals surface area contributed by atoms with Crippen LogP contribution in [0.4, 0.5) is 0 Å². The lowest BCUT2D eigenvalue weighted by Crippen LogP contribution is -2.38. The minimum absolute atomic E-state index is 0.271. The number of H-pyrrole nitrogens is 1. The van der Waals surface area contributed by atoms with Crippen LogP contribution in [0.15, 0.2) is 15.8 Å². The highest BCUT2D eigenvalue weighted by Gasteiger charge is 2.43. The van der Waals surface area contributed by atoms with Crippen LogP contribution in [0.25, 0.3) is 0 Å². The topological polar surface area (TPSA) is 125 Å². The number of aromatic amines is 1. The standard InChI is InChI=1S/C10H14N2O6/c1-4-2-12(10(17)11-8(4)16)9-7(15)6(14)5(3-13)18-9/h2,5-7,9,13-15H,3H2,1H3,(H,11,16,17)/t5-,6-,7-,9+/m1/s1/i9+2. The Kier molecular flexibility index (Phi) is 3.35. The van der Waals surface area contributed by atoms with Crippen LogP contribution >= 0.6 is 0 Å². The average molecular weight is 260 g/mol. The molecule has 100 valence electrons. The quantitative estimate of drug-likeness (QED) is 0.464. The number of aromatic nitrogens is 2. The van der Waals surface area contributed by atoms with E-state index in [1.807, 2.05) is 0 Å². The van der Waals surface area contributed by atoms with Crippen molar-refractivity contribution in [2.75, 3.05) is 6.61 Å². The van der Waals surface area contributed by atoms with Gasteiger partial charge in [0.05, 0.1) is 6.61 Å². The Bertz CT molecular complexity index is 550. The Labute approximate surface area is 101 Å². The van der Waals surface area contributed by atoms with Gasteiger partial charge in [-0.25, -0.2) is 4.79 Å². The predicted molar refractivity (Wildman–Crippen MR) is 59.1 cm³/mol. The number of nitrogens with zero attached hydrogens (tertiary/aromatic N) is 1. The monoisotopic (exact) mass is 260 g/mol. The van der Waals surface area contributed by atoms with Crippen molar-refractivity contribution < 1.29 is 20.1 Å². The summed E-state index contributed by atoms with van der Waals surface area (Å²) < 4.78 is 6.17. The number of hydrogen-bond donors (Lipinski definition) is 4. The fourth-order valence-corrected chi connectivity index (χ4v) is 1.88. The Morgan fingerprint density at radius 2 is 2.17 bits per heavy atom. The summed E-state index contributed by atoms with van der Waals surface area (Å²) >= 11 is 0. The second-order valence-electron chi connectivity index (χ2n) is 4.21. The number of hydrogen-bond acceptors (Lipinski definition) is 6. The van der Waals surface area contributed by atoms with Crippen LogP contribution < -0.4 is 11.2 Å². The Hall–Kier alpha value is -1.48. The van der Waals surface area contributed by atoms with Crippen molar-refractivity contribution in [1.82, 2.24) is 9.55 Å². The van der Waals surface area contributed by atoms with Gasteiger partial charge in [0.1, 0.15) is 18.3 Å². The third kappa shape index (κ3) is 1.99. The Balaban J connectivity index is 2.42. The van der Waals surface area contributed by atoms with Gasteiger partial charge in [-0.15, -0.1) is 0 Å². The smallest absolute Gasteiger partial charge is 0.330 e. The molecule has 0 saturated carbocycles. The molecule has 1 fully saturated rings. The first-order valence-corrected chi connectivity index (χ1v) is 5.40. The summed E-state index contributed by atoms with van der Waals surface area (Å²) in [7, 11) is 0. The zero-order valence-electron chi connectivity index (χ0n) is 9.61. The van der Waals surface area contributed by atoms with Crippen molar-refractivity contribution >= 4 is 0 Å². The van der Waals surface area contributed by atoms with E-state index in [2.05, 4.69) is 4.98 Å². The molecule has 4 N–H and O–H groups in total. The van der Waals surface area contributed by atoms with E-state index in [4.69, 9.17) is 9.84 Å². The SMILES string of the molecule is Cc1cn([14C@H]2O[C@H](CO)[C@@H](O)[C@H]2O)c(=O)[nH]c1=O. The Morgan fingerprint density at radius 1 is 1.50 bits per heavy atom. The molecule has 4 atom stereocenters. The molecule has 0 bridgehead atoms. The molecule has 0 aliphatic carbocycles. The lowest BCUT2D eigenvalue weighted by molar-refractivity contribution is -0.0551. The first-order chi connectivity index (χ1) is 8.45. The molecule has 1 aliphatic heterocycles. The average Bonchev–Trinajstić information content (AvgIpc) is 2.61. The van der Waals surface area contributed by atoms with Crippen molar-refractivity contribution in [2.24, 2.45) is 0 Å². The van der Waals surface area contributed by atoms with Crippen LogP contribution in [-0.4, -0.2) is 49.8 Å². The molecule has 1 saturated heterocycles. The molecule has 0 spiro atoms. The molecule has 0 amide bonds. The van der Waals surface area contributed by atoms with Crippen molar-refractivity contribution in [3.05, 3.63) is 32.6 Å². The number of aliphatic hydroxyl groups excluding tert-OH is 3. The highest BCUT2D eigenvalue weighted by Crippen LogP contribution is 2.27. The second-order valence-corrected chi connectivity index (χ2v) is 4.21. The normalized spacial score (nSPS) is 31.8. The summed E-state index contributed by atoms with van der Waals surface area (Å²) in [6, 6.07) is 0. The minimum Gasteiger partial charge on any atom is -0.394 e. The molecule has 8 nitrogen and oxygen atoms in total. The number of rotatable bonds is 2. The number of nitrogens with one attached hydrogen (secondary N) is 1. The molecular formula is C10H14N2O6. The van der Waals surface area contributed by atoms with E-state index in [0.717, 1.165) is 4.57 Å². The molecule has 18 heavy (non-hydrogen) atoms.